The molecule has 2 aliphatic heterocycles. The monoisotopic (exact) mass is 443 g/mol. The van der Waals surface area contributed by atoms with E-state index in [1.807, 2.05) is 30.0 Å². The summed E-state index contributed by atoms with van der Waals surface area (Å²) >= 11 is 1.54. The highest BCUT2D eigenvalue weighted by Gasteiger charge is 2.36. The van der Waals surface area contributed by atoms with E-state index in [1.165, 1.54) is 6.26 Å². The standard InChI is InChI=1S/C22H25N3O5S/c1-3-9-24-16-8-7-14(11-19(16)31-18(4-2)21(24)27)25-13-15(30-22(25)28)12-23-20(26)17-6-5-10-29-17/h5-8,10-11,15,18H,3-4,9,12-13H2,1-2H3,(H,23,26)/t15-,18?/m0/s1. The van der Waals surface area contributed by atoms with Gasteiger partial charge in [-0.1, -0.05) is 13.8 Å². The van der Waals surface area contributed by atoms with E-state index < -0.39 is 12.2 Å². The van der Waals surface area contributed by atoms with Crippen molar-refractivity contribution in [2.24, 2.45) is 0 Å². The summed E-state index contributed by atoms with van der Waals surface area (Å²) in [5.41, 5.74) is 1.61. The summed E-state index contributed by atoms with van der Waals surface area (Å²) in [6, 6.07) is 8.90. The number of carbonyl (C=O) groups is 3. The van der Waals surface area contributed by atoms with E-state index in [2.05, 4.69) is 12.2 Å². The molecule has 0 aliphatic carbocycles. The normalized spacial score (nSPS) is 20.6. The first-order chi connectivity index (χ1) is 15.0. The van der Waals surface area contributed by atoms with Crippen LogP contribution in [0.5, 0.6) is 0 Å². The quantitative estimate of drug-likeness (QED) is 0.702. The molecule has 1 fully saturated rings. The van der Waals surface area contributed by atoms with Crippen molar-refractivity contribution in [3.63, 3.8) is 0 Å². The summed E-state index contributed by atoms with van der Waals surface area (Å²) in [6.45, 7) is 5.25. The molecule has 1 aromatic heterocycles. The summed E-state index contributed by atoms with van der Waals surface area (Å²) in [4.78, 5) is 41.6. The molecule has 0 saturated carbocycles. The molecule has 1 N–H and O–H groups in total. The molecule has 3 amide bonds. The Morgan fingerprint density at radius 2 is 2.10 bits per heavy atom. The van der Waals surface area contributed by atoms with Gasteiger partial charge in [0.25, 0.3) is 5.91 Å². The number of amides is 3. The Morgan fingerprint density at radius 1 is 1.26 bits per heavy atom. The fraction of sp³-hybridized carbons (Fsp3) is 0.409. The van der Waals surface area contributed by atoms with Crippen molar-refractivity contribution in [2.75, 3.05) is 29.4 Å². The van der Waals surface area contributed by atoms with E-state index in [-0.39, 0.29) is 29.4 Å². The number of hydrogen-bond donors (Lipinski definition) is 1. The van der Waals surface area contributed by atoms with Gasteiger partial charge in [-0.25, -0.2) is 4.79 Å². The Morgan fingerprint density at radius 3 is 2.81 bits per heavy atom. The first-order valence-electron chi connectivity index (χ1n) is 10.4. The number of furan rings is 1. The second kappa shape index (κ2) is 9.05. The van der Waals surface area contributed by atoms with Crippen molar-refractivity contribution >= 4 is 41.0 Å². The van der Waals surface area contributed by atoms with Crippen molar-refractivity contribution in [1.82, 2.24) is 5.32 Å². The molecule has 2 atom stereocenters. The lowest BCUT2D eigenvalue weighted by Crippen LogP contribution is -2.41. The number of benzene rings is 1. The van der Waals surface area contributed by atoms with Gasteiger partial charge in [0.15, 0.2) is 5.76 Å². The van der Waals surface area contributed by atoms with Crippen LogP contribution < -0.4 is 15.1 Å². The fourth-order valence-electron chi connectivity index (χ4n) is 3.74. The predicted octanol–water partition coefficient (Wildman–Crippen LogP) is 3.66. The van der Waals surface area contributed by atoms with Gasteiger partial charge in [0, 0.05) is 17.1 Å². The minimum Gasteiger partial charge on any atom is -0.459 e. The van der Waals surface area contributed by atoms with Gasteiger partial charge in [0.2, 0.25) is 5.91 Å². The SMILES string of the molecule is CCCN1C(=O)C(CC)Sc2cc(N3C[C@H](CNC(=O)c4ccco4)OC3=O)ccc21. The molecule has 0 spiro atoms. The number of fused-ring (bicyclic) bond motifs is 1. The largest absolute Gasteiger partial charge is 0.459 e. The molecule has 3 heterocycles. The molecule has 1 aromatic carbocycles. The van der Waals surface area contributed by atoms with Gasteiger partial charge in [-0.15, -0.1) is 11.8 Å². The van der Waals surface area contributed by atoms with Gasteiger partial charge < -0.3 is 19.4 Å². The average molecular weight is 444 g/mol. The maximum Gasteiger partial charge on any atom is 0.414 e. The third kappa shape index (κ3) is 4.27. The van der Waals surface area contributed by atoms with E-state index in [1.54, 1.807) is 28.8 Å². The van der Waals surface area contributed by atoms with Crippen LogP contribution in [-0.4, -0.2) is 48.9 Å². The number of nitrogens with one attached hydrogen (secondary N) is 1. The maximum absolute atomic E-state index is 12.7. The molecule has 2 aromatic rings. The molecule has 8 nitrogen and oxygen atoms in total. The first-order valence-corrected chi connectivity index (χ1v) is 11.3. The van der Waals surface area contributed by atoms with Crippen molar-refractivity contribution in [3.05, 3.63) is 42.4 Å². The van der Waals surface area contributed by atoms with Gasteiger partial charge >= 0.3 is 6.09 Å². The highest BCUT2D eigenvalue weighted by atomic mass is 32.2. The molecular formula is C22H25N3O5S. The lowest BCUT2D eigenvalue weighted by atomic mass is 10.2. The van der Waals surface area contributed by atoms with Gasteiger partial charge in [-0.05, 0) is 43.2 Å². The Bertz CT molecular complexity index is 978. The second-order valence-electron chi connectivity index (χ2n) is 7.46. The predicted molar refractivity (Wildman–Crippen MR) is 118 cm³/mol. The van der Waals surface area contributed by atoms with Gasteiger partial charge in [-0.3, -0.25) is 14.5 Å². The number of rotatable bonds is 7. The van der Waals surface area contributed by atoms with Crippen LogP contribution in [0.3, 0.4) is 0 Å². The van der Waals surface area contributed by atoms with E-state index in [0.717, 1.165) is 29.1 Å². The number of hydrogen-bond acceptors (Lipinski definition) is 6. The van der Waals surface area contributed by atoms with Crippen molar-refractivity contribution < 1.29 is 23.5 Å². The summed E-state index contributed by atoms with van der Waals surface area (Å²) in [7, 11) is 0. The maximum atomic E-state index is 12.7. The average Bonchev–Trinajstić information content (AvgIpc) is 3.43. The van der Waals surface area contributed by atoms with Crippen LogP contribution in [0.4, 0.5) is 16.2 Å². The lowest BCUT2D eigenvalue weighted by Gasteiger charge is -2.33. The number of thioether (sulfide) groups is 1. The first kappa shape index (κ1) is 21.3. The number of ether oxygens (including phenoxy) is 1. The van der Waals surface area contributed by atoms with Crippen LogP contribution in [0.2, 0.25) is 0 Å². The second-order valence-corrected chi connectivity index (χ2v) is 8.70. The zero-order chi connectivity index (χ0) is 22.0. The fourth-order valence-corrected chi connectivity index (χ4v) is 4.93. The smallest absolute Gasteiger partial charge is 0.414 e. The summed E-state index contributed by atoms with van der Waals surface area (Å²) in [5.74, 6) is 0.00284. The third-order valence-corrected chi connectivity index (χ3v) is 6.68. The molecular weight excluding hydrogens is 418 g/mol. The van der Waals surface area contributed by atoms with Crippen LogP contribution in [0.15, 0.2) is 45.9 Å². The number of carbonyl (C=O) groups excluding carboxylic acids is 3. The van der Waals surface area contributed by atoms with Crippen LogP contribution in [-0.2, 0) is 9.53 Å². The van der Waals surface area contributed by atoms with Crippen LogP contribution in [0.1, 0.15) is 37.2 Å². The molecule has 31 heavy (non-hydrogen) atoms. The highest BCUT2D eigenvalue weighted by molar-refractivity contribution is 8.01. The summed E-state index contributed by atoms with van der Waals surface area (Å²) < 4.78 is 10.5. The minimum atomic E-state index is -0.461. The zero-order valence-electron chi connectivity index (χ0n) is 17.5. The van der Waals surface area contributed by atoms with Gasteiger partial charge in [0.1, 0.15) is 6.10 Å². The molecule has 1 unspecified atom stereocenters. The summed E-state index contributed by atoms with van der Waals surface area (Å²) in [5, 5.41) is 2.60. The zero-order valence-corrected chi connectivity index (χ0v) is 18.3. The topological polar surface area (TPSA) is 92.1 Å². The van der Waals surface area contributed by atoms with E-state index in [4.69, 9.17) is 9.15 Å². The highest BCUT2D eigenvalue weighted by Crippen LogP contribution is 2.42. The van der Waals surface area contributed by atoms with Gasteiger partial charge in [-0.2, -0.15) is 0 Å². The lowest BCUT2D eigenvalue weighted by molar-refractivity contribution is -0.118. The Balaban J connectivity index is 1.47. The Hall–Kier alpha value is -2.94. The number of anilines is 2. The Labute approximate surface area is 184 Å². The summed E-state index contributed by atoms with van der Waals surface area (Å²) in [6.07, 6.45) is 2.14. The van der Waals surface area contributed by atoms with Crippen molar-refractivity contribution in [2.45, 2.75) is 42.9 Å². The minimum absolute atomic E-state index is 0.121. The van der Waals surface area contributed by atoms with Crippen molar-refractivity contribution in [3.8, 4) is 0 Å². The Kier molecular flexibility index (Phi) is 6.22. The van der Waals surface area contributed by atoms with E-state index in [0.29, 0.717) is 13.1 Å². The van der Waals surface area contributed by atoms with Crippen molar-refractivity contribution in [1.29, 1.82) is 0 Å². The molecule has 0 radical (unpaired) electrons. The molecule has 9 heteroatoms. The van der Waals surface area contributed by atoms with Crippen LogP contribution in [0.25, 0.3) is 0 Å². The molecule has 1 saturated heterocycles. The van der Waals surface area contributed by atoms with E-state index >= 15 is 0 Å². The molecule has 4 rings (SSSR count). The van der Waals surface area contributed by atoms with Crippen LogP contribution in [0, 0.1) is 0 Å². The third-order valence-electron chi connectivity index (χ3n) is 5.28. The van der Waals surface area contributed by atoms with E-state index in [9.17, 15) is 14.4 Å². The molecule has 164 valence electrons. The van der Waals surface area contributed by atoms with Crippen LogP contribution >= 0.6 is 11.8 Å². The molecule has 2 aliphatic rings. The number of cyclic esters (lactones) is 1. The number of nitrogens with zero attached hydrogens (tertiary/aromatic N) is 2. The molecule has 0 bridgehead atoms. The van der Waals surface area contributed by atoms with Gasteiger partial charge in [0.05, 0.1) is 30.3 Å².